The molecule has 1 fully saturated rings. The highest BCUT2D eigenvalue weighted by Crippen LogP contribution is 2.33. The van der Waals surface area contributed by atoms with E-state index in [0.717, 1.165) is 0 Å². The maximum Gasteiger partial charge on any atom is 0.276 e. The number of amides is 1. The van der Waals surface area contributed by atoms with Crippen LogP contribution in [-0.2, 0) is 17.1 Å². The molecular weight excluding hydrogens is 514 g/mol. The van der Waals surface area contributed by atoms with Gasteiger partial charge in [-0.2, -0.15) is 0 Å². The van der Waals surface area contributed by atoms with Gasteiger partial charge in [0.25, 0.3) is 5.91 Å². The molecule has 1 aromatic carbocycles. The van der Waals surface area contributed by atoms with Crippen molar-refractivity contribution in [3.63, 3.8) is 0 Å². The third kappa shape index (κ3) is 4.13. The molecule has 0 unspecified atom stereocenters. The highest BCUT2D eigenvalue weighted by molar-refractivity contribution is 14.0. The smallest absolute Gasteiger partial charge is 0.276 e. The molecule has 2 aliphatic heterocycles. The maximum absolute atomic E-state index is 13.5. The topological polar surface area (TPSA) is 101 Å². The van der Waals surface area contributed by atoms with Gasteiger partial charge in [0.2, 0.25) is 10.0 Å². The summed E-state index contributed by atoms with van der Waals surface area (Å²) < 4.78 is 49.0. The number of halogens is 2. The molecule has 11 heteroatoms. The number of nitrogens with one attached hydrogen (secondary N) is 3. The minimum Gasteiger partial charge on any atom is -0.489 e. The Hall–Kier alpha value is -1.70. The van der Waals surface area contributed by atoms with Crippen LogP contribution in [0.15, 0.2) is 29.3 Å². The summed E-state index contributed by atoms with van der Waals surface area (Å²) in [5, 5.41) is 5.82. The van der Waals surface area contributed by atoms with Gasteiger partial charge in [-0.15, -0.1) is 24.0 Å². The summed E-state index contributed by atoms with van der Waals surface area (Å²) in [5.74, 6) is -0.913. The summed E-state index contributed by atoms with van der Waals surface area (Å²) >= 11 is 0. The lowest BCUT2D eigenvalue weighted by Crippen LogP contribution is -2.43. The molecule has 1 aromatic heterocycles. The van der Waals surface area contributed by atoms with Crippen molar-refractivity contribution in [1.29, 1.82) is 0 Å². The molecule has 2 atom stereocenters. The van der Waals surface area contributed by atoms with Gasteiger partial charge in [-0.1, -0.05) is 0 Å². The molecule has 3 N–H and O–H groups in total. The summed E-state index contributed by atoms with van der Waals surface area (Å²) in [7, 11) is -2.26. The maximum atomic E-state index is 13.5. The van der Waals surface area contributed by atoms with Crippen LogP contribution in [0, 0.1) is 18.7 Å². The van der Waals surface area contributed by atoms with Crippen LogP contribution in [-0.4, -0.2) is 44.6 Å². The first-order valence-electron chi connectivity index (χ1n) is 8.89. The van der Waals surface area contributed by atoms with Crippen molar-refractivity contribution >= 4 is 45.6 Å². The van der Waals surface area contributed by atoms with Gasteiger partial charge in [0, 0.05) is 44.0 Å². The first-order chi connectivity index (χ1) is 13.3. The summed E-state index contributed by atoms with van der Waals surface area (Å²) in [5.41, 5.74) is 0.889. The molecule has 4 rings (SSSR count). The second-order valence-corrected chi connectivity index (χ2v) is 8.84. The number of carbonyl (C=O) groups excluding carboxylic acids is 1. The Bertz CT molecular complexity index is 1060. The fraction of sp³-hybridized carbons (Fsp3) is 0.389. The second kappa shape index (κ2) is 8.20. The van der Waals surface area contributed by atoms with Gasteiger partial charge >= 0.3 is 0 Å². The molecule has 0 saturated carbocycles. The molecule has 8 nitrogen and oxygen atoms in total. The van der Waals surface area contributed by atoms with Gasteiger partial charge in [0.1, 0.15) is 10.7 Å². The number of carbonyl (C=O) groups is 1. The van der Waals surface area contributed by atoms with Crippen molar-refractivity contribution in [3.8, 4) is 5.75 Å². The summed E-state index contributed by atoms with van der Waals surface area (Å²) in [6.07, 6.45) is 1.37. The van der Waals surface area contributed by atoms with E-state index in [2.05, 4.69) is 15.4 Å². The van der Waals surface area contributed by atoms with E-state index < -0.39 is 15.9 Å². The number of anilines is 1. The highest BCUT2D eigenvalue weighted by Gasteiger charge is 2.38. The molecule has 3 heterocycles. The Morgan fingerprint density at radius 1 is 1.34 bits per heavy atom. The summed E-state index contributed by atoms with van der Waals surface area (Å²) in [6, 6.07) is 3.96. The van der Waals surface area contributed by atoms with Gasteiger partial charge in [-0.3, -0.25) is 4.79 Å². The van der Waals surface area contributed by atoms with Crippen LogP contribution in [0.25, 0.3) is 0 Å². The molecule has 2 aromatic rings. The number of hydrogen-bond acceptors (Lipinski definition) is 5. The number of ether oxygens (including phenoxy) is 1. The normalized spacial score (nSPS) is 22.3. The Kier molecular flexibility index (Phi) is 6.22. The zero-order valence-corrected chi connectivity index (χ0v) is 19.0. The van der Waals surface area contributed by atoms with E-state index in [0.29, 0.717) is 24.3 Å². The highest BCUT2D eigenvalue weighted by atomic mass is 127. The lowest BCUT2D eigenvalue weighted by atomic mass is 10.1. The second-order valence-electron chi connectivity index (χ2n) is 7.16. The predicted molar refractivity (Wildman–Crippen MR) is 116 cm³/mol. The molecule has 0 bridgehead atoms. The molecule has 158 valence electrons. The monoisotopic (exact) mass is 536 g/mol. The van der Waals surface area contributed by atoms with Gasteiger partial charge in [0.05, 0.1) is 6.61 Å². The third-order valence-corrected chi connectivity index (χ3v) is 6.59. The van der Waals surface area contributed by atoms with E-state index in [1.165, 1.54) is 29.0 Å². The molecule has 0 aliphatic carbocycles. The van der Waals surface area contributed by atoms with Gasteiger partial charge in [0.15, 0.2) is 11.4 Å². The van der Waals surface area contributed by atoms with Gasteiger partial charge < -0.3 is 19.9 Å². The van der Waals surface area contributed by atoms with Crippen LogP contribution in [0.3, 0.4) is 0 Å². The van der Waals surface area contributed by atoms with E-state index in [-0.39, 0.29) is 64.7 Å². The number of rotatable bonds is 2. The van der Waals surface area contributed by atoms with Crippen LogP contribution in [0.4, 0.5) is 10.1 Å². The first-order valence-corrected chi connectivity index (χ1v) is 10.4. The number of aromatic nitrogens is 1. The third-order valence-electron chi connectivity index (χ3n) is 5.11. The largest absolute Gasteiger partial charge is 0.489 e. The van der Waals surface area contributed by atoms with E-state index in [1.54, 1.807) is 14.0 Å². The van der Waals surface area contributed by atoms with Crippen molar-refractivity contribution in [3.05, 3.63) is 41.5 Å². The van der Waals surface area contributed by atoms with Crippen molar-refractivity contribution in [2.45, 2.75) is 17.9 Å². The number of fused-ring (bicyclic) bond motifs is 2. The fourth-order valence-electron chi connectivity index (χ4n) is 3.58. The van der Waals surface area contributed by atoms with E-state index in [9.17, 15) is 17.6 Å². The number of nitrogens with zero attached hydrogens (tertiary/aromatic N) is 1. The summed E-state index contributed by atoms with van der Waals surface area (Å²) in [4.78, 5) is 12.8. The zero-order chi connectivity index (χ0) is 20.1. The molecule has 1 amide bonds. The molecule has 0 spiro atoms. The molecule has 1 saturated heterocycles. The van der Waals surface area contributed by atoms with Crippen LogP contribution >= 0.6 is 24.0 Å². The Morgan fingerprint density at radius 2 is 2.10 bits per heavy atom. The lowest BCUT2D eigenvalue weighted by molar-refractivity contribution is 0.101. The van der Waals surface area contributed by atoms with Gasteiger partial charge in [-0.05, 0) is 30.7 Å². The van der Waals surface area contributed by atoms with Crippen molar-refractivity contribution in [2.75, 3.05) is 25.0 Å². The Morgan fingerprint density at radius 3 is 2.83 bits per heavy atom. The van der Waals surface area contributed by atoms with Crippen molar-refractivity contribution < 1.29 is 22.3 Å². The number of benzene rings is 1. The average molecular weight is 536 g/mol. The lowest BCUT2D eigenvalue weighted by Gasteiger charge is -2.24. The van der Waals surface area contributed by atoms with E-state index in [4.69, 9.17) is 4.74 Å². The number of hydrogen-bond donors (Lipinski definition) is 3. The van der Waals surface area contributed by atoms with Crippen LogP contribution in [0.2, 0.25) is 0 Å². The standard InChI is InChI=1S/C18H21FN4O4S.HI/c1-10-5-12(3-4-13(10)19)21-18(24)16-17-15(8-23(16)2)28(25,26)22-14-7-20-6-11(14)9-27-17;/h3-5,8,11,14,20,22H,6-7,9H2,1-2H3,(H,21,24);1H/t11-,14-;/m1./s1. The minimum absolute atomic E-state index is 0. The van der Waals surface area contributed by atoms with Crippen LogP contribution in [0.1, 0.15) is 16.1 Å². The Labute approximate surface area is 185 Å². The molecular formula is C18H22FIN4O4S. The quantitative estimate of drug-likeness (QED) is 0.507. The van der Waals surface area contributed by atoms with E-state index >= 15 is 0 Å². The first kappa shape index (κ1) is 22.0. The van der Waals surface area contributed by atoms with Crippen molar-refractivity contribution in [1.82, 2.24) is 14.6 Å². The van der Waals surface area contributed by atoms with Crippen molar-refractivity contribution in [2.24, 2.45) is 13.0 Å². The number of sulfonamides is 1. The predicted octanol–water partition coefficient (Wildman–Crippen LogP) is 1.60. The van der Waals surface area contributed by atoms with E-state index in [1.807, 2.05) is 0 Å². The molecule has 2 aliphatic rings. The minimum atomic E-state index is -3.84. The Balaban J connectivity index is 0.00000240. The SMILES string of the molecule is Cc1cc(NC(=O)c2c3c(cn2C)S(=O)(=O)N[C@@H]2CNC[C@@H]2CO3)ccc1F.I. The van der Waals surface area contributed by atoms with Crippen LogP contribution in [0.5, 0.6) is 5.75 Å². The molecule has 0 radical (unpaired) electrons. The zero-order valence-electron chi connectivity index (χ0n) is 15.9. The van der Waals surface area contributed by atoms with Gasteiger partial charge in [-0.25, -0.2) is 17.5 Å². The van der Waals surface area contributed by atoms with Crippen LogP contribution < -0.4 is 20.1 Å². The number of aryl methyl sites for hydroxylation is 2. The summed E-state index contributed by atoms with van der Waals surface area (Å²) in [6.45, 7) is 3.04. The fourth-order valence-corrected chi connectivity index (χ4v) is 5.08. The average Bonchev–Trinajstić information content (AvgIpc) is 3.18. The molecule has 29 heavy (non-hydrogen) atoms.